The average molecular weight is 374 g/mol. The molecule has 0 radical (unpaired) electrons. The molecule has 0 aliphatic heterocycles. The lowest BCUT2D eigenvalue weighted by Crippen LogP contribution is -2.40. The number of rotatable bonds is 8. The first kappa shape index (κ1) is 20.0. The third-order valence-corrected chi connectivity index (χ3v) is 4.48. The molecule has 2 aromatic rings. The SMILES string of the molecule is COc1ccc(CNC(=S)NC[C@H](c2ccccc2OC)N(C)C)cc1. The smallest absolute Gasteiger partial charge is 0.166 e. The van der Waals surface area contributed by atoms with Crippen LogP contribution >= 0.6 is 12.2 Å². The van der Waals surface area contributed by atoms with Gasteiger partial charge in [0.25, 0.3) is 0 Å². The van der Waals surface area contributed by atoms with Crippen LogP contribution < -0.4 is 20.1 Å². The molecule has 140 valence electrons. The lowest BCUT2D eigenvalue weighted by atomic mass is 10.0. The molecule has 0 unspecified atom stereocenters. The Bertz CT molecular complexity index is 704. The van der Waals surface area contributed by atoms with E-state index in [1.807, 2.05) is 56.6 Å². The first-order valence-electron chi connectivity index (χ1n) is 8.49. The van der Waals surface area contributed by atoms with Gasteiger partial charge in [0.1, 0.15) is 11.5 Å². The van der Waals surface area contributed by atoms with Crippen molar-refractivity contribution < 1.29 is 9.47 Å². The summed E-state index contributed by atoms with van der Waals surface area (Å²) in [5, 5.41) is 7.17. The number of benzene rings is 2. The van der Waals surface area contributed by atoms with Gasteiger partial charge in [-0.15, -0.1) is 0 Å². The van der Waals surface area contributed by atoms with Crippen LogP contribution in [-0.4, -0.2) is 44.9 Å². The van der Waals surface area contributed by atoms with Crippen LogP contribution in [0.2, 0.25) is 0 Å². The van der Waals surface area contributed by atoms with Gasteiger partial charge in [0, 0.05) is 18.7 Å². The van der Waals surface area contributed by atoms with Crippen LogP contribution in [0.15, 0.2) is 48.5 Å². The van der Waals surface area contributed by atoms with E-state index in [0.717, 1.165) is 22.6 Å². The molecule has 0 heterocycles. The summed E-state index contributed by atoms with van der Waals surface area (Å²) in [5.41, 5.74) is 2.27. The van der Waals surface area contributed by atoms with Crippen molar-refractivity contribution in [2.24, 2.45) is 0 Å². The van der Waals surface area contributed by atoms with Crippen LogP contribution in [0.1, 0.15) is 17.2 Å². The van der Waals surface area contributed by atoms with E-state index in [4.69, 9.17) is 21.7 Å². The quantitative estimate of drug-likeness (QED) is 0.694. The van der Waals surface area contributed by atoms with Crippen LogP contribution in [-0.2, 0) is 6.54 Å². The summed E-state index contributed by atoms with van der Waals surface area (Å²) < 4.78 is 10.7. The molecule has 0 amide bonds. The van der Waals surface area contributed by atoms with Crippen molar-refractivity contribution in [2.75, 3.05) is 34.9 Å². The molecular formula is C20H27N3O2S. The number of methoxy groups -OCH3 is 2. The van der Waals surface area contributed by atoms with Crippen molar-refractivity contribution in [3.8, 4) is 11.5 Å². The molecule has 0 aliphatic carbocycles. The highest BCUT2D eigenvalue weighted by atomic mass is 32.1. The van der Waals surface area contributed by atoms with E-state index in [1.165, 1.54) is 0 Å². The standard InChI is InChI=1S/C20H27N3O2S/c1-23(2)18(17-7-5-6-8-19(17)25-4)14-22-20(26)21-13-15-9-11-16(24-3)12-10-15/h5-12,18H,13-14H2,1-4H3,(H2,21,22,26)/t18-/m1/s1. The van der Waals surface area contributed by atoms with Crippen molar-refractivity contribution in [1.82, 2.24) is 15.5 Å². The Balaban J connectivity index is 1.90. The fourth-order valence-electron chi connectivity index (χ4n) is 2.69. The van der Waals surface area contributed by atoms with Gasteiger partial charge in [-0.25, -0.2) is 0 Å². The van der Waals surface area contributed by atoms with E-state index in [1.54, 1.807) is 14.2 Å². The Kier molecular flexibility index (Phi) is 7.69. The molecule has 0 fully saturated rings. The van der Waals surface area contributed by atoms with Gasteiger partial charge < -0.3 is 25.0 Å². The summed E-state index contributed by atoms with van der Waals surface area (Å²) in [6.45, 7) is 1.35. The average Bonchev–Trinajstić information content (AvgIpc) is 2.67. The van der Waals surface area contributed by atoms with E-state index in [9.17, 15) is 0 Å². The third kappa shape index (κ3) is 5.61. The van der Waals surface area contributed by atoms with Crippen LogP contribution in [0, 0.1) is 0 Å². The number of hydrogen-bond donors (Lipinski definition) is 2. The van der Waals surface area contributed by atoms with Gasteiger partial charge in [-0.05, 0) is 50.1 Å². The second kappa shape index (κ2) is 9.99. The van der Waals surface area contributed by atoms with Crippen LogP contribution in [0.25, 0.3) is 0 Å². The van der Waals surface area contributed by atoms with Crippen molar-refractivity contribution in [3.05, 3.63) is 59.7 Å². The van der Waals surface area contributed by atoms with Crippen LogP contribution in [0.3, 0.4) is 0 Å². The maximum absolute atomic E-state index is 5.49. The Morgan fingerprint density at radius 2 is 1.69 bits per heavy atom. The number of nitrogens with one attached hydrogen (secondary N) is 2. The predicted molar refractivity (Wildman–Crippen MR) is 110 cm³/mol. The van der Waals surface area contributed by atoms with Crippen LogP contribution in [0.4, 0.5) is 0 Å². The molecule has 2 N–H and O–H groups in total. The number of likely N-dealkylation sites (N-methyl/N-ethyl adjacent to an activating group) is 1. The Morgan fingerprint density at radius 1 is 1.00 bits per heavy atom. The molecule has 2 rings (SSSR count). The van der Waals surface area contributed by atoms with Crippen molar-refractivity contribution in [3.63, 3.8) is 0 Å². The number of thiocarbonyl (C=S) groups is 1. The minimum Gasteiger partial charge on any atom is -0.497 e. The highest BCUT2D eigenvalue weighted by Gasteiger charge is 2.18. The summed E-state index contributed by atoms with van der Waals surface area (Å²) in [6.07, 6.45) is 0. The molecule has 0 saturated carbocycles. The van der Waals surface area contributed by atoms with E-state index >= 15 is 0 Å². The molecule has 2 aromatic carbocycles. The first-order chi connectivity index (χ1) is 12.5. The zero-order chi connectivity index (χ0) is 18.9. The predicted octanol–water partition coefficient (Wildman–Crippen LogP) is 2.97. The van der Waals surface area contributed by atoms with E-state index in [-0.39, 0.29) is 6.04 Å². The number of nitrogens with zero attached hydrogens (tertiary/aromatic N) is 1. The molecule has 5 nitrogen and oxygen atoms in total. The van der Waals surface area contributed by atoms with Gasteiger partial charge in [-0.3, -0.25) is 0 Å². The number of para-hydroxylation sites is 1. The molecule has 6 heteroatoms. The molecule has 0 saturated heterocycles. The zero-order valence-corrected chi connectivity index (χ0v) is 16.6. The van der Waals surface area contributed by atoms with Gasteiger partial charge in [-0.2, -0.15) is 0 Å². The normalized spacial score (nSPS) is 11.7. The molecule has 1 atom stereocenters. The first-order valence-corrected chi connectivity index (χ1v) is 8.90. The summed E-state index contributed by atoms with van der Waals surface area (Å²) in [7, 11) is 7.45. The Labute approximate surface area is 161 Å². The summed E-state index contributed by atoms with van der Waals surface area (Å²) in [5.74, 6) is 1.73. The van der Waals surface area contributed by atoms with Gasteiger partial charge in [0.2, 0.25) is 0 Å². The highest BCUT2D eigenvalue weighted by molar-refractivity contribution is 7.80. The summed E-state index contributed by atoms with van der Waals surface area (Å²) in [6, 6.07) is 16.1. The Morgan fingerprint density at radius 3 is 2.31 bits per heavy atom. The topological polar surface area (TPSA) is 45.8 Å². The Hall–Kier alpha value is -2.31. The molecule has 0 aliphatic rings. The summed E-state index contributed by atoms with van der Waals surface area (Å²) >= 11 is 5.42. The molecule has 26 heavy (non-hydrogen) atoms. The lowest BCUT2D eigenvalue weighted by Gasteiger charge is -2.27. The van der Waals surface area contributed by atoms with Gasteiger partial charge in [0.15, 0.2) is 5.11 Å². The number of hydrogen-bond acceptors (Lipinski definition) is 4. The largest absolute Gasteiger partial charge is 0.497 e. The van der Waals surface area contributed by atoms with Crippen molar-refractivity contribution >= 4 is 17.3 Å². The highest BCUT2D eigenvalue weighted by Crippen LogP contribution is 2.27. The van der Waals surface area contributed by atoms with Crippen molar-refractivity contribution in [2.45, 2.75) is 12.6 Å². The van der Waals surface area contributed by atoms with Crippen LogP contribution in [0.5, 0.6) is 11.5 Å². The van der Waals surface area contributed by atoms with Gasteiger partial charge >= 0.3 is 0 Å². The lowest BCUT2D eigenvalue weighted by molar-refractivity contribution is 0.288. The minimum atomic E-state index is 0.145. The third-order valence-electron chi connectivity index (χ3n) is 4.19. The second-order valence-corrected chi connectivity index (χ2v) is 6.54. The maximum atomic E-state index is 5.49. The molecule has 0 spiro atoms. The van der Waals surface area contributed by atoms with Crippen molar-refractivity contribution in [1.29, 1.82) is 0 Å². The zero-order valence-electron chi connectivity index (χ0n) is 15.8. The molecule has 0 bridgehead atoms. The van der Waals surface area contributed by atoms with E-state index in [0.29, 0.717) is 18.2 Å². The van der Waals surface area contributed by atoms with E-state index < -0.39 is 0 Å². The minimum absolute atomic E-state index is 0.145. The monoisotopic (exact) mass is 373 g/mol. The number of ether oxygens (including phenoxy) is 2. The summed E-state index contributed by atoms with van der Waals surface area (Å²) in [4.78, 5) is 2.15. The molecule has 0 aromatic heterocycles. The van der Waals surface area contributed by atoms with Gasteiger partial charge in [-0.1, -0.05) is 30.3 Å². The van der Waals surface area contributed by atoms with E-state index in [2.05, 4.69) is 21.6 Å². The maximum Gasteiger partial charge on any atom is 0.166 e. The molecular weight excluding hydrogens is 346 g/mol. The fourth-order valence-corrected chi connectivity index (χ4v) is 2.85. The fraction of sp³-hybridized carbons (Fsp3) is 0.350. The second-order valence-electron chi connectivity index (χ2n) is 6.13. The van der Waals surface area contributed by atoms with Gasteiger partial charge in [0.05, 0.1) is 20.3 Å².